The Kier molecular flexibility index (Phi) is 4.52. The second kappa shape index (κ2) is 6.36. The summed E-state index contributed by atoms with van der Waals surface area (Å²) in [6.07, 6.45) is 8.63. The molecule has 110 valence electrons. The molecule has 0 N–H and O–H groups in total. The van der Waals surface area contributed by atoms with Crippen molar-refractivity contribution in [3.8, 4) is 5.75 Å². The van der Waals surface area contributed by atoms with Gasteiger partial charge in [-0.2, -0.15) is 0 Å². The normalized spacial score (nSPS) is 25.6. The highest BCUT2D eigenvalue weighted by Crippen LogP contribution is 2.39. The van der Waals surface area contributed by atoms with E-state index in [2.05, 4.69) is 0 Å². The van der Waals surface area contributed by atoms with Crippen molar-refractivity contribution in [2.24, 2.45) is 0 Å². The molecule has 3 rings (SSSR count). The molecule has 1 unspecified atom stereocenters. The number of ether oxygens (including phenoxy) is 2. The second-order valence-corrected chi connectivity index (χ2v) is 6.33. The topological polar surface area (TPSA) is 18.5 Å². The molecular weight excluding hydrogens is 272 g/mol. The maximum atomic E-state index is 6.24. The predicted octanol–water partition coefficient (Wildman–Crippen LogP) is 4.69. The molecule has 1 aromatic carbocycles. The van der Waals surface area contributed by atoms with Crippen molar-refractivity contribution < 1.29 is 9.47 Å². The maximum absolute atomic E-state index is 6.24. The second-order valence-electron chi connectivity index (χ2n) is 6.07. The first-order valence-electron chi connectivity index (χ1n) is 7.76. The van der Waals surface area contributed by atoms with Crippen molar-refractivity contribution >= 4 is 11.6 Å². The summed E-state index contributed by atoms with van der Waals surface area (Å²) in [6, 6.07) is 8.09. The van der Waals surface area contributed by atoms with Crippen molar-refractivity contribution in [2.45, 2.75) is 62.5 Å². The molecule has 1 spiro atoms. The van der Waals surface area contributed by atoms with Gasteiger partial charge in [0.1, 0.15) is 11.9 Å². The van der Waals surface area contributed by atoms with Crippen LogP contribution in [-0.2, 0) is 10.6 Å². The first-order chi connectivity index (χ1) is 9.81. The molecule has 2 nitrogen and oxygen atoms in total. The summed E-state index contributed by atoms with van der Waals surface area (Å²) in [5.41, 5.74) is 1.18. The molecule has 1 saturated heterocycles. The van der Waals surface area contributed by atoms with Crippen LogP contribution in [0.25, 0.3) is 0 Å². The van der Waals surface area contributed by atoms with Gasteiger partial charge in [0.25, 0.3) is 0 Å². The van der Waals surface area contributed by atoms with E-state index in [-0.39, 0.29) is 11.7 Å². The summed E-state index contributed by atoms with van der Waals surface area (Å²) in [4.78, 5) is 0. The molecule has 0 amide bonds. The van der Waals surface area contributed by atoms with Crippen molar-refractivity contribution in [3.05, 3.63) is 29.8 Å². The van der Waals surface area contributed by atoms with Gasteiger partial charge in [-0.3, -0.25) is 0 Å². The summed E-state index contributed by atoms with van der Waals surface area (Å²) in [6.45, 7) is 0.827. The van der Waals surface area contributed by atoms with E-state index in [0.29, 0.717) is 5.88 Å². The Labute approximate surface area is 126 Å². The minimum absolute atomic E-state index is 0.0943. The fraction of sp³-hybridized carbons (Fsp3) is 0.647. The van der Waals surface area contributed by atoms with Gasteiger partial charge < -0.3 is 9.47 Å². The third-order valence-electron chi connectivity index (χ3n) is 4.62. The Balaban J connectivity index is 1.68. The van der Waals surface area contributed by atoms with Crippen molar-refractivity contribution in [3.63, 3.8) is 0 Å². The fourth-order valence-electron chi connectivity index (χ4n) is 3.54. The van der Waals surface area contributed by atoms with Crippen LogP contribution in [0.4, 0.5) is 0 Å². The molecule has 0 aromatic heterocycles. The molecule has 1 aliphatic heterocycles. The van der Waals surface area contributed by atoms with E-state index in [1.54, 1.807) is 0 Å². The van der Waals surface area contributed by atoms with Gasteiger partial charge in [-0.25, -0.2) is 0 Å². The van der Waals surface area contributed by atoms with Gasteiger partial charge in [-0.05, 0) is 18.9 Å². The molecule has 1 aromatic rings. The van der Waals surface area contributed by atoms with Gasteiger partial charge >= 0.3 is 0 Å². The van der Waals surface area contributed by atoms with Crippen LogP contribution in [0.3, 0.4) is 0 Å². The number of hydrogen-bond acceptors (Lipinski definition) is 2. The summed E-state index contributed by atoms with van der Waals surface area (Å²) < 4.78 is 12.4. The van der Waals surface area contributed by atoms with Crippen molar-refractivity contribution in [1.29, 1.82) is 0 Å². The first kappa shape index (κ1) is 14.2. The van der Waals surface area contributed by atoms with Gasteiger partial charge in [0.05, 0.1) is 18.1 Å². The largest absolute Gasteiger partial charge is 0.490 e. The van der Waals surface area contributed by atoms with E-state index in [1.165, 1.54) is 32.1 Å². The van der Waals surface area contributed by atoms with E-state index >= 15 is 0 Å². The lowest BCUT2D eigenvalue weighted by Crippen LogP contribution is -2.45. The third kappa shape index (κ3) is 3.12. The fourth-order valence-corrected chi connectivity index (χ4v) is 3.76. The molecule has 1 heterocycles. The molecule has 0 bridgehead atoms. The molecule has 1 aliphatic carbocycles. The Hall–Kier alpha value is -0.730. The lowest BCUT2D eigenvalue weighted by Gasteiger charge is -2.43. The van der Waals surface area contributed by atoms with Crippen molar-refractivity contribution in [2.75, 3.05) is 6.61 Å². The predicted molar refractivity (Wildman–Crippen MR) is 81.4 cm³/mol. The lowest BCUT2D eigenvalue weighted by atomic mass is 9.79. The van der Waals surface area contributed by atoms with E-state index in [0.717, 1.165) is 30.8 Å². The average Bonchev–Trinajstić information content (AvgIpc) is 2.49. The molecule has 3 heteroatoms. The zero-order chi connectivity index (χ0) is 13.8. The zero-order valence-corrected chi connectivity index (χ0v) is 12.7. The molecule has 1 saturated carbocycles. The molecule has 0 radical (unpaired) electrons. The highest BCUT2D eigenvalue weighted by Gasteiger charge is 2.39. The number of halogens is 1. The van der Waals surface area contributed by atoms with Crippen LogP contribution in [-0.4, -0.2) is 18.3 Å². The number of rotatable bonds is 3. The van der Waals surface area contributed by atoms with Crippen LogP contribution in [0, 0.1) is 0 Å². The minimum atomic E-state index is 0.0943. The van der Waals surface area contributed by atoms with E-state index in [1.807, 2.05) is 24.3 Å². The Morgan fingerprint density at radius 2 is 2.00 bits per heavy atom. The average molecular weight is 295 g/mol. The van der Waals surface area contributed by atoms with Gasteiger partial charge in [0.15, 0.2) is 0 Å². The molecular formula is C17H23ClO2. The number of alkyl halides is 1. The molecule has 20 heavy (non-hydrogen) atoms. The molecule has 2 fully saturated rings. The summed E-state index contributed by atoms with van der Waals surface area (Å²) in [5.74, 6) is 1.45. The van der Waals surface area contributed by atoms with Crippen LogP contribution >= 0.6 is 11.6 Å². The molecule has 1 atom stereocenters. The highest BCUT2D eigenvalue weighted by atomic mass is 35.5. The summed E-state index contributed by atoms with van der Waals surface area (Å²) in [7, 11) is 0. The standard InChI is InChI=1S/C17H23ClO2/c18-13-14-6-2-3-7-16(14)20-15-8-11-19-17(12-15)9-4-1-5-10-17/h2-3,6-7,15H,1,4-5,8-13H2. The number of para-hydroxylation sites is 1. The van der Waals surface area contributed by atoms with E-state index in [4.69, 9.17) is 21.1 Å². The van der Waals surface area contributed by atoms with Crippen LogP contribution in [0.2, 0.25) is 0 Å². The monoisotopic (exact) mass is 294 g/mol. The summed E-state index contributed by atoms with van der Waals surface area (Å²) in [5, 5.41) is 0. The SMILES string of the molecule is ClCc1ccccc1OC1CCOC2(CCCCC2)C1. The van der Waals surface area contributed by atoms with Gasteiger partial charge in [0.2, 0.25) is 0 Å². The Bertz CT molecular complexity index is 435. The summed E-state index contributed by atoms with van der Waals surface area (Å²) >= 11 is 5.99. The van der Waals surface area contributed by atoms with Crippen LogP contribution in [0.1, 0.15) is 50.5 Å². The smallest absolute Gasteiger partial charge is 0.124 e. The molecule has 2 aliphatic rings. The van der Waals surface area contributed by atoms with E-state index < -0.39 is 0 Å². The van der Waals surface area contributed by atoms with Crippen LogP contribution in [0.5, 0.6) is 5.75 Å². The Morgan fingerprint density at radius 3 is 2.80 bits per heavy atom. The maximum Gasteiger partial charge on any atom is 0.124 e. The van der Waals surface area contributed by atoms with Gasteiger partial charge in [0, 0.05) is 18.4 Å². The van der Waals surface area contributed by atoms with Crippen LogP contribution in [0.15, 0.2) is 24.3 Å². The lowest BCUT2D eigenvalue weighted by molar-refractivity contribution is -0.129. The van der Waals surface area contributed by atoms with Crippen LogP contribution < -0.4 is 4.74 Å². The zero-order valence-electron chi connectivity index (χ0n) is 11.9. The van der Waals surface area contributed by atoms with Gasteiger partial charge in [-0.1, -0.05) is 37.5 Å². The number of benzene rings is 1. The van der Waals surface area contributed by atoms with Gasteiger partial charge in [-0.15, -0.1) is 11.6 Å². The van der Waals surface area contributed by atoms with E-state index in [9.17, 15) is 0 Å². The Morgan fingerprint density at radius 1 is 1.20 bits per heavy atom. The highest BCUT2D eigenvalue weighted by molar-refractivity contribution is 6.17. The quantitative estimate of drug-likeness (QED) is 0.753. The first-order valence-corrected chi connectivity index (χ1v) is 8.29. The third-order valence-corrected chi connectivity index (χ3v) is 4.91. The number of hydrogen-bond donors (Lipinski definition) is 0. The minimum Gasteiger partial charge on any atom is -0.490 e. The van der Waals surface area contributed by atoms with Crippen molar-refractivity contribution in [1.82, 2.24) is 0 Å².